The van der Waals surface area contributed by atoms with Crippen LogP contribution < -0.4 is 15.4 Å². The number of piperazine rings is 1. The fourth-order valence-electron chi connectivity index (χ4n) is 3.78. The fraction of sp³-hybridized carbons (Fsp3) is 0.696. The molecule has 29 heavy (non-hydrogen) atoms. The van der Waals surface area contributed by atoms with Gasteiger partial charge in [-0.15, -0.1) is 0 Å². The van der Waals surface area contributed by atoms with Gasteiger partial charge in [0.2, 0.25) is 0 Å². The highest BCUT2D eigenvalue weighted by atomic mass is 16.5. The van der Waals surface area contributed by atoms with Gasteiger partial charge in [0.25, 0.3) is 0 Å². The van der Waals surface area contributed by atoms with Crippen LogP contribution in [0.4, 0.5) is 0 Å². The van der Waals surface area contributed by atoms with Crippen molar-refractivity contribution in [1.29, 1.82) is 0 Å². The number of nitrogens with zero attached hydrogens (tertiary/aromatic N) is 3. The molecular weight excluding hydrogens is 362 g/mol. The molecule has 2 atom stereocenters. The molecule has 6 nitrogen and oxygen atoms in total. The van der Waals surface area contributed by atoms with Gasteiger partial charge in [0.05, 0.1) is 6.10 Å². The number of benzene rings is 1. The van der Waals surface area contributed by atoms with Crippen LogP contribution in [0, 0.1) is 12.8 Å². The molecule has 1 heterocycles. The molecule has 1 aliphatic heterocycles. The van der Waals surface area contributed by atoms with Crippen molar-refractivity contribution in [3.63, 3.8) is 0 Å². The van der Waals surface area contributed by atoms with Gasteiger partial charge in [-0.2, -0.15) is 0 Å². The number of aliphatic imine (C=N–C) groups is 1. The summed E-state index contributed by atoms with van der Waals surface area (Å²) in [5.41, 5.74) is 2.37. The second-order valence-corrected chi connectivity index (χ2v) is 8.87. The predicted molar refractivity (Wildman–Crippen MR) is 123 cm³/mol. The predicted octanol–water partition coefficient (Wildman–Crippen LogP) is 2.72. The maximum Gasteiger partial charge on any atom is 0.191 e. The van der Waals surface area contributed by atoms with Crippen LogP contribution in [0.3, 0.4) is 0 Å². The second kappa shape index (κ2) is 11.4. The van der Waals surface area contributed by atoms with Crippen LogP contribution in [-0.4, -0.2) is 75.2 Å². The van der Waals surface area contributed by atoms with Crippen molar-refractivity contribution in [2.24, 2.45) is 10.9 Å². The van der Waals surface area contributed by atoms with Crippen LogP contribution in [0.2, 0.25) is 0 Å². The van der Waals surface area contributed by atoms with Gasteiger partial charge < -0.3 is 20.3 Å². The second-order valence-electron chi connectivity index (χ2n) is 8.87. The number of hydrogen-bond donors (Lipinski definition) is 2. The van der Waals surface area contributed by atoms with Crippen molar-refractivity contribution < 1.29 is 4.74 Å². The van der Waals surface area contributed by atoms with Gasteiger partial charge in [-0.25, -0.2) is 0 Å². The molecule has 0 spiro atoms. The zero-order valence-corrected chi connectivity index (χ0v) is 19.5. The average molecular weight is 404 g/mol. The van der Waals surface area contributed by atoms with Crippen molar-refractivity contribution in [2.75, 3.05) is 47.3 Å². The van der Waals surface area contributed by atoms with Gasteiger partial charge in [-0.3, -0.25) is 9.89 Å². The minimum absolute atomic E-state index is 0.201. The normalized spacial score (nSPS) is 20.0. The molecule has 0 aliphatic carbocycles. The quantitative estimate of drug-likeness (QED) is 0.516. The molecule has 1 aromatic rings. The van der Waals surface area contributed by atoms with Crippen LogP contribution in [-0.2, 0) is 6.54 Å². The van der Waals surface area contributed by atoms with Crippen LogP contribution in [0.1, 0.15) is 38.3 Å². The van der Waals surface area contributed by atoms with E-state index in [4.69, 9.17) is 4.74 Å². The van der Waals surface area contributed by atoms with Gasteiger partial charge in [-0.05, 0) is 51.9 Å². The molecule has 0 bridgehead atoms. The first kappa shape index (κ1) is 23.5. The van der Waals surface area contributed by atoms with Crippen LogP contribution in [0.5, 0.6) is 5.75 Å². The minimum atomic E-state index is 0.201. The van der Waals surface area contributed by atoms with Crippen molar-refractivity contribution >= 4 is 5.96 Å². The molecule has 1 saturated heterocycles. The molecule has 0 radical (unpaired) electrons. The molecule has 2 rings (SSSR count). The maximum absolute atomic E-state index is 6.27. The van der Waals surface area contributed by atoms with Crippen molar-refractivity contribution in [3.05, 3.63) is 29.3 Å². The highest BCUT2D eigenvalue weighted by molar-refractivity contribution is 5.79. The molecule has 1 fully saturated rings. The van der Waals surface area contributed by atoms with Crippen LogP contribution in [0.25, 0.3) is 0 Å². The largest absolute Gasteiger partial charge is 0.490 e. The summed E-state index contributed by atoms with van der Waals surface area (Å²) in [7, 11) is 6.21. The Kier molecular flexibility index (Phi) is 9.24. The van der Waals surface area contributed by atoms with Gasteiger partial charge in [0, 0.05) is 51.4 Å². The molecule has 0 saturated carbocycles. The smallest absolute Gasteiger partial charge is 0.191 e. The van der Waals surface area contributed by atoms with E-state index in [-0.39, 0.29) is 6.10 Å². The van der Waals surface area contributed by atoms with E-state index in [1.807, 2.05) is 7.05 Å². The lowest BCUT2D eigenvalue weighted by molar-refractivity contribution is 0.116. The SMILES string of the molecule is CN=C(NCc1ccc(C)cc1OC(C)CC(C)C)NCC1CN(C)CCN1C. The third-order valence-electron chi connectivity index (χ3n) is 5.51. The molecule has 2 unspecified atom stereocenters. The van der Waals surface area contributed by atoms with E-state index in [0.717, 1.165) is 49.9 Å². The highest BCUT2D eigenvalue weighted by Crippen LogP contribution is 2.23. The zero-order chi connectivity index (χ0) is 21.4. The molecular formula is C23H41N5O. The minimum Gasteiger partial charge on any atom is -0.490 e. The van der Waals surface area contributed by atoms with Gasteiger partial charge >= 0.3 is 0 Å². The first-order valence-electron chi connectivity index (χ1n) is 10.9. The molecule has 2 N–H and O–H groups in total. The topological polar surface area (TPSA) is 52.1 Å². The zero-order valence-electron chi connectivity index (χ0n) is 19.5. The standard InChI is InChI=1S/C23H41N5O/c1-17(2)12-19(4)29-22-13-18(3)8-9-20(22)14-25-23(24-5)26-15-21-16-27(6)10-11-28(21)7/h8-9,13,17,19,21H,10-12,14-16H2,1-7H3,(H2,24,25,26). The number of nitrogens with one attached hydrogen (secondary N) is 2. The Bertz CT molecular complexity index is 661. The van der Waals surface area contributed by atoms with E-state index >= 15 is 0 Å². The first-order valence-corrected chi connectivity index (χ1v) is 10.9. The third-order valence-corrected chi connectivity index (χ3v) is 5.51. The number of ether oxygens (including phenoxy) is 1. The molecule has 0 aromatic heterocycles. The Hall–Kier alpha value is -1.79. The number of aryl methyl sites for hydroxylation is 1. The van der Waals surface area contributed by atoms with Crippen molar-refractivity contribution in [2.45, 2.75) is 52.8 Å². The molecule has 1 aromatic carbocycles. The summed E-state index contributed by atoms with van der Waals surface area (Å²) < 4.78 is 6.27. The summed E-state index contributed by atoms with van der Waals surface area (Å²) in [6.07, 6.45) is 1.25. The van der Waals surface area contributed by atoms with E-state index in [1.165, 1.54) is 5.56 Å². The van der Waals surface area contributed by atoms with Crippen LogP contribution >= 0.6 is 0 Å². The Morgan fingerprint density at radius 3 is 2.66 bits per heavy atom. The summed E-state index contributed by atoms with van der Waals surface area (Å²) >= 11 is 0. The van der Waals surface area contributed by atoms with Gasteiger partial charge in [-0.1, -0.05) is 26.0 Å². The van der Waals surface area contributed by atoms with E-state index < -0.39 is 0 Å². The van der Waals surface area contributed by atoms with Crippen molar-refractivity contribution in [3.8, 4) is 5.75 Å². The monoisotopic (exact) mass is 403 g/mol. The summed E-state index contributed by atoms with van der Waals surface area (Å²) in [5, 5.41) is 6.94. The molecule has 1 aliphatic rings. The third kappa shape index (κ3) is 7.86. The molecule has 164 valence electrons. The average Bonchev–Trinajstić information content (AvgIpc) is 2.65. The lowest BCUT2D eigenvalue weighted by atomic mass is 10.1. The Morgan fingerprint density at radius 1 is 1.21 bits per heavy atom. The van der Waals surface area contributed by atoms with E-state index in [2.05, 4.69) is 85.4 Å². The summed E-state index contributed by atoms with van der Waals surface area (Å²) in [6.45, 7) is 13.6. The van der Waals surface area contributed by atoms with Gasteiger partial charge in [0.15, 0.2) is 5.96 Å². The highest BCUT2D eigenvalue weighted by Gasteiger charge is 2.22. The van der Waals surface area contributed by atoms with Gasteiger partial charge in [0.1, 0.15) is 5.75 Å². The maximum atomic E-state index is 6.27. The van der Waals surface area contributed by atoms with Crippen LogP contribution in [0.15, 0.2) is 23.2 Å². The lowest BCUT2D eigenvalue weighted by Crippen LogP contribution is -2.55. The first-order chi connectivity index (χ1) is 13.8. The summed E-state index contributed by atoms with van der Waals surface area (Å²) in [5.74, 6) is 2.42. The number of guanidine groups is 1. The van der Waals surface area contributed by atoms with E-state index in [0.29, 0.717) is 18.5 Å². The number of hydrogen-bond acceptors (Lipinski definition) is 4. The summed E-state index contributed by atoms with van der Waals surface area (Å²) in [6, 6.07) is 6.91. The molecule has 6 heteroatoms. The van der Waals surface area contributed by atoms with Crippen molar-refractivity contribution in [1.82, 2.24) is 20.4 Å². The fourth-order valence-corrected chi connectivity index (χ4v) is 3.78. The summed E-state index contributed by atoms with van der Waals surface area (Å²) in [4.78, 5) is 9.21. The lowest BCUT2D eigenvalue weighted by Gasteiger charge is -2.37. The number of rotatable bonds is 8. The van der Waals surface area contributed by atoms with E-state index in [9.17, 15) is 0 Å². The molecule has 0 amide bonds. The Labute approximate surface area is 177 Å². The number of likely N-dealkylation sites (N-methyl/N-ethyl adjacent to an activating group) is 2. The Morgan fingerprint density at radius 2 is 1.97 bits per heavy atom. The Balaban J connectivity index is 1.93. The van der Waals surface area contributed by atoms with E-state index in [1.54, 1.807) is 0 Å².